The predicted octanol–water partition coefficient (Wildman–Crippen LogP) is 4.41. The van der Waals surface area contributed by atoms with Crippen molar-refractivity contribution in [2.45, 2.75) is 13.5 Å². The minimum Gasteiger partial charge on any atom is -0.396 e. The van der Waals surface area contributed by atoms with Gasteiger partial charge in [0.15, 0.2) is 11.6 Å². The third-order valence-electron chi connectivity index (χ3n) is 6.94. The number of para-hydroxylation sites is 1. The van der Waals surface area contributed by atoms with Gasteiger partial charge in [-0.25, -0.2) is 8.78 Å². The number of nitrogens with zero attached hydrogens (tertiary/aromatic N) is 6. The molecule has 0 atom stereocenters. The molecule has 0 aliphatic carbocycles. The average Bonchev–Trinajstić information content (AvgIpc) is 2.87. The number of likely N-dealkylation sites (tertiary alicyclic amines) is 1. The standard InChI is InChI=1S/C28H26F2N6O/c1-2-37-34-26(20-7-8-21(29)22(30)12-20)24-9-6-19(13-33-24)14-35-15-28(16-35)17-36(18-28)25-5-3-4-23-27(25)32-11-10-31-23/h3-13H,2,14-18H2,1H3. The summed E-state index contributed by atoms with van der Waals surface area (Å²) in [6.07, 6.45) is 5.28. The fourth-order valence-electron chi connectivity index (χ4n) is 5.32. The van der Waals surface area contributed by atoms with Crippen molar-refractivity contribution >= 4 is 22.4 Å². The molecule has 188 valence electrons. The van der Waals surface area contributed by atoms with Crippen LogP contribution in [0.2, 0.25) is 0 Å². The highest BCUT2D eigenvalue weighted by Gasteiger charge is 2.51. The highest BCUT2D eigenvalue weighted by atomic mass is 19.2. The highest BCUT2D eigenvalue weighted by molar-refractivity contribution is 6.11. The van der Waals surface area contributed by atoms with E-state index in [9.17, 15) is 8.78 Å². The number of rotatable bonds is 7. The molecular formula is C28H26F2N6O. The number of anilines is 1. The highest BCUT2D eigenvalue weighted by Crippen LogP contribution is 2.43. The maximum atomic E-state index is 13.8. The molecule has 0 saturated carbocycles. The second kappa shape index (κ2) is 9.48. The van der Waals surface area contributed by atoms with Crippen LogP contribution in [-0.4, -0.2) is 58.3 Å². The first kappa shape index (κ1) is 23.4. The second-order valence-corrected chi connectivity index (χ2v) is 9.74. The number of aromatic nitrogens is 3. The van der Waals surface area contributed by atoms with E-state index in [4.69, 9.17) is 4.84 Å². The largest absolute Gasteiger partial charge is 0.396 e. The lowest BCUT2D eigenvalue weighted by Gasteiger charge is -2.61. The molecule has 2 aliphatic rings. The third-order valence-corrected chi connectivity index (χ3v) is 6.94. The Kier molecular flexibility index (Phi) is 6.00. The fourth-order valence-corrected chi connectivity index (χ4v) is 5.32. The van der Waals surface area contributed by atoms with Gasteiger partial charge in [0.2, 0.25) is 0 Å². The summed E-state index contributed by atoms with van der Waals surface area (Å²) in [7, 11) is 0. The normalized spacial score (nSPS) is 17.1. The van der Waals surface area contributed by atoms with Crippen molar-refractivity contribution < 1.29 is 13.6 Å². The summed E-state index contributed by atoms with van der Waals surface area (Å²) in [5.41, 5.74) is 5.74. The molecule has 2 aromatic heterocycles. The van der Waals surface area contributed by atoms with Gasteiger partial charge in [0, 0.05) is 62.3 Å². The first-order valence-electron chi connectivity index (χ1n) is 12.3. The molecule has 7 nitrogen and oxygen atoms in total. The average molecular weight is 501 g/mol. The minimum absolute atomic E-state index is 0.321. The van der Waals surface area contributed by atoms with Gasteiger partial charge in [0.25, 0.3) is 0 Å². The molecule has 0 unspecified atom stereocenters. The molecule has 4 aromatic rings. The van der Waals surface area contributed by atoms with Gasteiger partial charge in [0.1, 0.15) is 17.8 Å². The number of fused-ring (bicyclic) bond motifs is 1. The van der Waals surface area contributed by atoms with E-state index >= 15 is 0 Å². The Morgan fingerprint density at radius 3 is 2.57 bits per heavy atom. The number of benzene rings is 2. The Morgan fingerprint density at radius 2 is 1.81 bits per heavy atom. The zero-order valence-corrected chi connectivity index (χ0v) is 20.4. The summed E-state index contributed by atoms with van der Waals surface area (Å²) in [6, 6.07) is 13.7. The summed E-state index contributed by atoms with van der Waals surface area (Å²) in [6.45, 7) is 7.07. The van der Waals surface area contributed by atoms with Gasteiger partial charge in [-0.1, -0.05) is 17.3 Å². The zero-order valence-electron chi connectivity index (χ0n) is 20.4. The lowest BCUT2D eigenvalue weighted by Crippen LogP contribution is -2.72. The van der Waals surface area contributed by atoms with E-state index in [1.54, 1.807) is 19.3 Å². The van der Waals surface area contributed by atoms with Crippen molar-refractivity contribution in [3.63, 3.8) is 0 Å². The van der Waals surface area contributed by atoms with E-state index in [-0.39, 0.29) is 0 Å². The van der Waals surface area contributed by atoms with Crippen LogP contribution in [0.25, 0.3) is 11.0 Å². The molecule has 2 fully saturated rings. The summed E-state index contributed by atoms with van der Waals surface area (Å²) < 4.78 is 27.2. The van der Waals surface area contributed by atoms with Gasteiger partial charge in [-0.05, 0) is 48.9 Å². The maximum absolute atomic E-state index is 13.8. The maximum Gasteiger partial charge on any atom is 0.159 e. The number of oxime groups is 1. The Bertz CT molecular complexity index is 1460. The first-order chi connectivity index (χ1) is 18.0. The molecule has 0 bridgehead atoms. The monoisotopic (exact) mass is 500 g/mol. The summed E-state index contributed by atoms with van der Waals surface area (Å²) >= 11 is 0. The third kappa shape index (κ3) is 4.51. The van der Waals surface area contributed by atoms with E-state index in [1.807, 2.05) is 30.5 Å². The SMILES string of the molecule is CCON=C(c1ccc(F)c(F)c1)c1ccc(CN2CC3(C2)CN(c2cccc4nccnc24)C3)cn1. The molecule has 6 rings (SSSR count). The Balaban J connectivity index is 1.08. The van der Waals surface area contributed by atoms with Crippen molar-refractivity contribution in [1.29, 1.82) is 0 Å². The van der Waals surface area contributed by atoms with Gasteiger partial charge in [-0.3, -0.25) is 19.9 Å². The van der Waals surface area contributed by atoms with Gasteiger partial charge in [-0.15, -0.1) is 0 Å². The van der Waals surface area contributed by atoms with Crippen LogP contribution in [0.15, 0.2) is 72.3 Å². The zero-order chi connectivity index (χ0) is 25.4. The van der Waals surface area contributed by atoms with Gasteiger partial charge >= 0.3 is 0 Å². The van der Waals surface area contributed by atoms with Crippen LogP contribution in [0.5, 0.6) is 0 Å². The van der Waals surface area contributed by atoms with Crippen LogP contribution in [0.1, 0.15) is 23.7 Å². The van der Waals surface area contributed by atoms with E-state index in [0.717, 1.165) is 67.1 Å². The summed E-state index contributed by atoms with van der Waals surface area (Å²) in [5, 5.41) is 4.10. The van der Waals surface area contributed by atoms with Crippen LogP contribution in [0.3, 0.4) is 0 Å². The van der Waals surface area contributed by atoms with E-state index in [2.05, 4.69) is 36.0 Å². The summed E-state index contributed by atoms with van der Waals surface area (Å²) in [5.74, 6) is -1.84. The quantitative estimate of drug-likeness (QED) is 0.277. The molecular weight excluding hydrogens is 474 g/mol. The molecule has 1 spiro atoms. The van der Waals surface area contributed by atoms with E-state index in [0.29, 0.717) is 29.0 Å². The van der Waals surface area contributed by atoms with Crippen molar-refractivity contribution in [3.8, 4) is 0 Å². The van der Waals surface area contributed by atoms with Crippen molar-refractivity contribution in [2.75, 3.05) is 37.7 Å². The Labute approximate surface area is 213 Å². The molecule has 0 N–H and O–H groups in total. The lowest BCUT2D eigenvalue weighted by molar-refractivity contribution is -0.0272. The molecule has 2 aromatic carbocycles. The molecule has 4 heterocycles. The fraction of sp³-hybridized carbons (Fsp3) is 0.286. The van der Waals surface area contributed by atoms with Gasteiger partial charge < -0.3 is 9.74 Å². The number of hydrogen-bond acceptors (Lipinski definition) is 7. The van der Waals surface area contributed by atoms with Crippen LogP contribution in [0.4, 0.5) is 14.5 Å². The molecule has 2 aliphatic heterocycles. The van der Waals surface area contributed by atoms with Crippen LogP contribution >= 0.6 is 0 Å². The van der Waals surface area contributed by atoms with Gasteiger partial charge in [0.05, 0.1) is 16.9 Å². The van der Waals surface area contributed by atoms with Crippen LogP contribution in [0, 0.1) is 17.0 Å². The molecule has 2 saturated heterocycles. The number of halogens is 2. The molecule has 0 amide bonds. The van der Waals surface area contributed by atoms with Crippen molar-refractivity contribution in [2.24, 2.45) is 10.6 Å². The second-order valence-electron chi connectivity index (χ2n) is 9.74. The van der Waals surface area contributed by atoms with Crippen LogP contribution < -0.4 is 4.90 Å². The summed E-state index contributed by atoms with van der Waals surface area (Å²) in [4.78, 5) is 23.5. The first-order valence-corrected chi connectivity index (χ1v) is 12.3. The number of hydrogen-bond donors (Lipinski definition) is 0. The Morgan fingerprint density at radius 1 is 0.973 bits per heavy atom. The molecule has 0 radical (unpaired) electrons. The molecule has 37 heavy (non-hydrogen) atoms. The predicted molar refractivity (Wildman–Crippen MR) is 137 cm³/mol. The van der Waals surface area contributed by atoms with E-state index < -0.39 is 11.6 Å². The van der Waals surface area contributed by atoms with Crippen LogP contribution in [-0.2, 0) is 11.4 Å². The van der Waals surface area contributed by atoms with E-state index in [1.165, 1.54) is 6.07 Å². The van der Waals surface area contributed by atoms with Gasteiger partial charge in [-0.2, -0.15) is 0 Å². The Hall–Kier alpha value is -3.98. The number of pyridine rings is 1. The minimum atomic E-state index is -0.937. The smallest absolute Gasteiger partial charge is 0.159 e. The van der Waals surface area contributed by atoms with Crippen molar-refractivity contribution in [1.82, 2.24) is 19.9 Å². The van der Waals surface area contributed by atoms with Crippen molar-refractivity contribution in [3.05, 3.63) is 95.6 Å². The topological polar surface area (TPSA) is 66.7 Å². The lowest BCUT2D eigenvalue weighted by atomic mass is 9.72. The molecule has 9 heteroatoms.